The van der Waals surface area contributed by atoms with E-state index < -0.39 is 6.10 Å². The van der Waals surface area contributed by atoms with Gasteiger partial charge in [0.1, 0.15) is 0 Å². The summed E-state index contributed by atoms with van der Waals surface area (Å²) in [6.07, 6.45) is -0.554. The van der Waals surface area contributed by atoms with Gasteiger partial charge in [-0.3, -0.25) is 0 Å². The van der Waals surface area contributed by atoms with E-state index in [0.29, 0.717) is 19.7 Å². The predicted octanol–water partition coefficient (Wildman–Crippen LogP) is 1.95. The van der Waals surface area contributed by atoms with Crippen molar-refractivity contribution in [3.05, 3.63) is 28.2 Å². The minimum absolute atomic E-state index is 0.0685. The van der Waals surface area contributed by atoms with Crippen LogP contribution >= 0.6 is 15.9 Å². The monoisotopic (exact) mass is 317 g/mol. The average molecular weight is 318 g/mol. The number of benzene rings is 1. The quantitative estimate of drug-likeness (QED) is 0.807. The van der Waals surface area contributed by atoms with Crippen LogP contribution in [0.5, 0.6) is 0 Å². The third-order valence-corrected chi connectivity index (χ3v) is 3.21. The largest absolute Gasteiger partial charge is 0.395 e. The summed E-state index contributed by atoms with van der Waals surface area (Å²) in [7, 11) is 1.65. The standard InChI is InChI=1S/C13H20BrNO3/c1-10(17)12-9-11(14)3-4-13(12)15(5-7-16)6-8-18-2/h3-4,9-10,16-17H,5-8H2,1-2H3. The SMILES string of the molecule is COCCN(CCO)c1ccc(Br)cc1C(C)O. The van der Waals surface area contributed by atoms with E-state index in [0.717, 1.165) is 15.7 Å². The van der Waals surface area contributed by atoms with Gasteiger partial charge in [0.2, 0.25) is 0 Å². The molecule has 5 heteroatoms. The van der Waals surface area contributed by atoms with Gasteiger partial charge in [-0.1, -0.05) is 15.9 Å². The second-order valence-electron chi connectivity index (χ2n) is 4.08. The molecule has 0 aliphatic heterocycles. The Morgan fingerprint density at radius 1 is 1.39 bits per heavy atom. The smallest absolute Gasteiger partial charge is 0.0782 e. The molecule has 0 radical (unpaired) electrons. The Hall–Kier alpha value is -0.620. The fourth-order valence-electron chi connectivity index (χ4n) is 1.82. The summed E-state index contributed by atoms with van der Waals surface area (Å²) in [5, 5.41) is 19.0. The molecule has 1 aromatic carbocycles. The molecular formula is C13H20BrNO3. The molecule has 102 valence electrons. The lowest BCUT2D eigenvalue weighted by Crippen LogP contribution is -2.31. The number of methoxy groups -OCH3 is 1. The lowest BCUT2D eigenvalue weighted by atomic mass is 10.1. The first-order valence-electron chi connectivity index (χ1n) is 5.92. The minimum atomic E-state index is -0.554. The molecular weight excluding hydrogens is 298 g/mol. The number of ether oxygens (including phenoxy) is 1. The third kappa shape index (κ3) is 4.24. The van der Waals surface area contributed by atoms with Crippen molar-refractivity contribution in [3.63, 3.8) is 0 Å². The zero-order chi connectivity index (χ0) is 13.5. The number of nitrogens with zero attached hydrogens (tertiary/aromatic N) is 1. The Balaban J connectivity index is 3.01. The van der Waals surface area contributed by atoms with Crippen LogP contribution in [0.2, 0.25) is 0 Å². The molecule has 1 aromatic rings. The fourth-order valence-corrected chi connectivity index (χ4v) is 2.20. The zero-order valence-corrected chi connectivity index (χ0v) is 12.4. The van der Waals surface area contributed by atoms with E-state index in [-0.39, 0.29) is 6.61 Å². The van der Waals surface area contributed by atoms with E-state index in [2.05, 4.69) is 15.9 Å². The second-order valence-corrected chi connectivity index (χ2v) is 5.00. The van der Waals surface area contributed by atoms with Gasteiger partial charge in [-0.15, -0.1) is 0 Å². The molecule has 0 aliphatic carbocycles. The molecule has 0 saturated heterocycles. The summed E-state index contributed by atoms with van der Waals surface area (Å²) in [5.74, 6) is 0. The van der Waals surface area contributed by atoms with Crippen LogP contribution in [0.4, 0.5) is 5.69 Å². The van der Waals surface area contributed by atoms with Crippen molar-refractivity contribution in [1.29, 1.82) is 0 Å². The van der Waals surface area contributed by atoms with Gasteiger partial charge in [-0.2, -0.15) is 0 Å². The molecule has 0 fully saturated rings. The first-order valence-corrected chi connectivity index (χ1v) is 6.71. The molecule has 0 bridgehead atoms. The van der Waals surface area contributed by atoms with Crippen LogP contribution in [0, 0.1) is 0 Å². The van der Waals surface area contributed by atoms with Gasteiger partial charge in [0.15, 0.2) is 0 Å². The Morgan fingerprint density at radius 3 is 2.67 bits per heavy atom. The van der Waals surface area contributed by atoms with Crippen molar-refractivity contribution in [2.45, 2.75) is 13.0 Å². The molecule has 1 unspecified atom stereocenters. The minimum Gasteiger partial charge on any atom is -0.395 e. The van der Waals surface area contributed by atoms with E-state index in [4.69, 9.17) is 9.84 Å². The summed E-state index contributed by atoms with van der Waals surface area (Å²) in [6.45, 7) is 3.58. The summed E-state index contributed by atoms with van der Waals surface area (Å²) in [6, 6.07) is 5.77. The maximum absolute atomic E-state index is 9.83. The van der Waals surface area contributed by atoms with Crippen molar-refractivity contribution < 1.29 is 14.9 Å². The van der Waals surface area contributed by atoms with Crippen LogP contribution in [0.1, 0.15) is 18.6 Å². The Kier molecular flexibility index (Phi) is 6.63. The van der Waals surface area contributed by atoms with Gasteiger partial charge in [-0.25, -0.2) is 0 Å². The normalized spacial score (nSPS) is 12.5. The highest BCUT2D eigenvalue weighted by molar-refractivity contribution is 9.10. The zero-order valence-electron chi connectivity index (χ0n) is 10.8. The first-order chi connectivity index (χ1) is 8.60. The van der Waals surface area contributed by atoms with Crippen LogP contribution in [0.3, 0.4) is 0 Å². The van der Waals surface area contributed by atoms with Crippen LogP contribution in [-0.2, 0) is 4.74 Å². The number of hydrogen-bond donors (Lipinski definition) is 2. The van der Waals surface area contributed by atoms with Gasteiger partial charge in [0, 0.05) is 35.9 Å². The maximum atomic E-state index is 9.83. The average Bonchev–Trinajstić information content (AvgIpc) is 2.34. The van der Waals surface area contributed by atoms with E-state index in [1.165, 1.54) is 0 Å². The van der Waals surface area contributed by atoms with E-state index in [1.807, 2.05) is 23.1 Å². The van der Waals surface area contributed by atoms with E-state index in [9.17, 15) is 5.11 Å². The highest BCUT2D eigenvalue weighted by Crippen LogP contribution is 2.29. The molecule has 0 heterocycles. The van der Waals surface area contributed by atoms with Crippen LogP contribution in [0.15, 0.2) is 22.7 Å². The van der Waals surface area contributed by atoms with Crippen molar-refractivity contribution in [1.82, 2.24) is 0 Å². The lowest BCUT2D eigenvalue weighted by molar-refractivity contribution is 0.196. The molecule has 1 atom stereocenters. The number of aliphatic hydroxyl groups is 2. The summed E-state index contributed by atoms with van der Waals surface area (Å²) in [5.41, 5.74) is 1.77. The van der Waals surface area contributed by atoms with Gasteiger partial charge >= 0.3 is 0 Å². The third-order valence-electron chi connectivity index (χ3n) is 2.72. The second kappa shape index (κ2) is 7.74. The molecule has 0 amide bonds. The van der Waals surface area contributed by atoms with Crippen LogP contribution in [-0.4, -0.2) is 43.6 Å². The molecule has 1 rings (SSSR count). The number of rotatable bonds is 7. The predicted molar refractivity (Wildman–Crippen MR) is 76.0 cm³/mol. The maximum Gasteiger partial charge on any atom is 0.0782 e. The summed E-state index contributed by atoms with van der Waals surface area (Å²) >= 11 is 3.40. The summed E-state index contributed by atoms with van der Waals surface area (Å²) in [4.78, 5) is 2.01. The van der Waals surface area contributed by atoms with Crippen LogP contribution < -0.4 is 4.90 Å². The molecule has 0 saturated carbocycles. The first kappa shape index (κ1) is 15.4. The topological polar surface area (TPSA) is 52.9 Å². The van der Waals surface area contributed by atoms with Crippen molar-refractivity contribution in [2.24, 2.45) is 0 Å². The molecule has 18 heavy (non-hydrogen) atoms. The lowest BCUT2D eigenvalue weighted by Gasteiger charge is -2.27. The van der Waals surface area contributed by atoms with Crippen molar-refractivity contribution in [2.75, 3.05) is 38.3 Å². The number of anilines is 1. The highest BCUT2D eigenvalue weighted by atomic mass is 79.9. The number of hydrogen-bond acceptors (Lipinski definition) is 4. The molecule has 0 aromatic heterocycles. The highest BCUT2D eigenvalue weighted by Gasteiger charge is 2.14. The van der Waals surface area contributed by atoms with E-state index in [1.54, 1.807) is 14.0 Å². The Labute approximate surface area is 116 Å². The molecule has 0 aliphatic rings. The number of halogens is 1. The van der Waals surface area contributed by atoms with Gasteiger partial charge in [0.05, 0.1) is 19.3 Å². The Bertz CT molecular complexity index is 371. The molecule has 4 nitrogen and oxygen atoms in total. The van der Waals surface area contributed by atoms with Gasteiger partial charge in [-0.05, 0) is 25.1 Å². The van der Waals surface area contributed by atoms with Crippen molar-refractivity contribution >= 4 is 21.6 Å². The molecule has 0 spiro atoms. The van der Waals surface area contributed by atoms with Gasteiger partial charge < -0.3 is 19.8 Å². The van der Waals surface area contributed by atoms with Crippen molar-refractivity contribution in [3.8, 4) is 0 Å². The van der Waals surface area contributed by atoms with Gasteiger partial charge in [0.25, 0.3) is 0 Å². The van der Waals surface area contributed by atoms with Crippen LogP contribution in [0.25, 0.3) is 0 Å². The number of aliphatic hydroxyl groups excluding tert-OH is 2. The Morgan fingerprint density at radius 2 is 2.11 bits per heavy atom. The fraction of sp³-hybridized carbons (Fsp3) is 0.538. The molecule has 2 N–H and O–H groups in total. The van der Waals surface area contributed by atoms with E-state index >= 15 is 0 Å². The summed E-state index contributed by atoms with van der Waals surface area (Å²) < 4.78 is 6.00.